The largest absolute Gasteiger partial charge is 0.493 e. The Morgan fingerprint density at radius 3 is 2.67 bits per heavy atom. The first-order chi connectivity index (χ1) is 12.9. The van der Waals surface area contributed by atoms with Crippen molar-refractivity contribution < 1.29 is 24.1 Å². The average molecular weight is 392 g/mol. The molecule has 0 bridgehead atoms. The molecule has 2 heterocycles. The van der Waals surface area contributed by atoms with Crippen molar-refractivity contribution in [2.24, 2.45) is 7.05 Å². The Morgan fingerprint density at radius 1 is 1.30 bits per heavy atom. The van der Waals surface area contributed by atoms with E-state index in [1.54, 1.807) is 19.2 Å². The van der Waals surface area contributed by atoms with Gasteiger partial charge in [0.1, 0.15) is 11.1 Å². The minimum atomic E-state index is -1.07. The van der Waals surface area contributed by atoms with Gasteiger partial charge in [0, 0.05) is 18.4 Å². The van der Waals surface area contributed by atoms with Gasteiger partial charge in [0.05, 0.1) is 14.2 Å². The summed E-state index contributed by atoms with van der Waals surface area (Å²) in [6, 6.07) is 3.23. The number of nitrogens with zero attached hydrogens (tertiary/aromatic N) is 2. The van der Waals surface area contributed by atoms with E-state index in [1.807, 2.05) is 6.92 Å². The molecule has 9 heteroatoms. The number of cyclic esters (lactones) is 1. The Labute approximate surface area is 160 Å². The van der Waals surface area contributed by atoms with Crippen molar-refractivity contribution in [3.8, 4) is 17.4 Å². The van der Waals surface area contributed by atoms with E-state index in [0.29, 0.717) is 16.5 Å². The number of aromatic nitrogens is 2. The Bertz CT molecular complexity index is 956. The molecule has 0 saturated heterocycles. The zero-order valence-corrected chi connectivity index (χ0v) is 16.3. The van der Waals surface area contributed by atoms with Gasteiger partial charge in [-0.05, 0) is 12.5 Å². The second kappa shape index (κ2) is 7.51. The number of carbonyl (C=O) groups is 1. The third kappa shape index (κ3) is 3.12. The highest BCUT2D eigenvalue weighted by Crippen LogP contribution is 2.44. The second-order valence-corrected chi connectivity index (χ2v) is 6.96. The van der Waals surface area contributed by atoms with E-state index in [9.17, 15) is 14.7 Å². The quantitative estimate of drug-likeness (QED) is 0.454. The van der Waals surface area contributed by atoms with Crippen molar-refractivity contribution >= 4 is 17.7 Å². The van der Waals surface area contributed by atoms with Crippen molar-refractivity contribution in [2.75, 3.05) is 20.0 Å². The number of hydrogen-bond acceptors (Lipinski definition) is 8. The number of aromatic hydroxyl groups is 1. The van der Waals surface area contributed by atoms with Crippen LogP contribution in [0.1, 0.15) is 40.9 Å². The van der Waals surface area contributed by atoms with Crippen LogP contribution in [0.3, 0.4) is 0 Å². The summed E-state index contributed by atoms with van der Waals surface area (Å²) in [5.41, 5.74) is 0.0350. The minimum absolute atomic E-state index is 0.0855. The highest BCUT2D eigenvalue weighted by Gasteiger charge is 2.40. The molecular weight excluding hydrogens is 372 g/mol. The fourth-order valence-electron chi connectivity index (χ4n) is 2.96. The Kier molecular flexibility index (Phi) is 5.31. The fraction of sp³-hybridized carbons (Fsp3) is 0.389. The minimum Gasteiger partial charge on any atom is -0.493 e. The van der Waals surface area contributed by atoms with Crippen LogP contribution in [0.2, 0.25) is 0 Å². The van der Waals surface area contributed by atoms with E-state index in [-0.39, 0.29) is 16.9 Å². The third-order valence-electron chi connectivity index (χ3n) is 4.25. The van der Waals surface area contributed by atoms with Gasteiger partial charge < -0.3 is 19.3 Å². The van der Waals surface area contributed by atoms with Crippen LogP contribution in [0.5, 0.6) is 17.4 Å². The summed E-state index contributed by atoms with van der Waals surface area (Å²) in [4.78, 5) is 29.4. The van der Waals surface area contributed by atoms with E-state index in [1.165, 1.54) is 30.5 Å². The summed E-state index contributed by atoms with van der Waals surface area (Å²) >= 11 is 1.37. The first-order valence-corrected chi connectivity index (χ1v) is 9.31. The zero-order valence-electron chi connectivity index (χ0n) is 15.4. The van der Waals surface area contributed by atoms with Gasteiger partial charge in [-0.1, -0.05) is 24.8 Å². The molecule has 8 nitrogen and oxygen atoms in total. The SMILES string of the molecule is CCCSc1nc(O)c([C@H]2OC(=O)c3c2ccc(OC)c3OC)c(=O)n1C. The molecule has 3 rings (SSSR count). The summed E-state index contributed by atoms with van der Waals surface area (Å²) in [6.07, 6.45) is -0.165. The second-order valence-electron chi connectivity index (χ2n) is 5.89. The lowest BCUT2D eigenvalue weighted by atomic mass is 9.99. The van der Waals surface area contributed by atoms with E-state index >= 15 is 0 Å². The molecule has 27 heavy (non-hydrogen) atoms. The molecule has 0 fully saturated rings. The van der Waals surface area contributed by atoms with Gasteiger partial charge in [0.15, 0.2) is 22.8 Å². The number of esters is 1. The lowest BCUT2D eigenvalue weighted by molar-refractivity contribution is 0.0446. The van der Waals surface area contributed by atoms with Gasteiger partial charge in [-0.3, -0.25) is 9.36 Å². The van der Waals surface area contributed by atoms with E-state index in [4.69, 9.17) is 14.2 Å². The van der Waals surface area contributed by atoms with Gasteiger partial charge in [0.2, 0.25) is 5.88 Å². The van der Waals surface area contributed by atoms with Crippen LogP contribution >= 0.6 is 11.8 Å². The van der Waals surface area contributed by atoms with E-state index in [0.717, 1.165) is 12.2 Å². The number of carbonyl (C=O) groups excluding carboxylic acids is 1. The van der Waals surface area contributed by atoms with Crippen molar-refractivity contribution in [3.05, 3.63) is 39.2 Å². The summed E-state index contributed by atoms with van der Waals surface area (Å²) in [6.45, 7) is 2.01. The number of methoxy groups -OCH3 is 2. The van der Waals surface area contributed by atoms with Gasteiger partial charge in [-0.25, -0.2) is 4.79 Å². The van der Waals surface area contributed by atoms with Crippen molar-refractivity contribution in [1.29, 1.82) is 0 Å². The molecule has 1 aromatic heterocycles. The topological polar surface area (TPSA) is 99.9 Å². The van der Waals surface area contributed by atoms with Crippen LogP contribution < -0.4 is 15.0 Å². The first kappa shape index (κ1) is 19.1. The molecule has 0 unspecified atom stereocenters. The van der Waals surface area contributed by atoms with Crippen molar-refractivity contribution in [1.82, 2.24) is 9.55 Å². The van der Waals surface area contributed by atoms with Crippen LogP contribution in [0, 0.1) is 0 Å². The van der Waals surface area contributed by atoms with Gasteiger partial charge in [-0.15, -0.1) is 0 Å². The van der Waals surface area contributed by atoms with Crippen LogP contribution in [-0.4, -0.2) is 40.6 Å². The molecule has 0 saturated carbocycles. The Hall–Kier alpha value is -2.68. The number of ether oxygens (including phenoxy) is 3. The third-order valence-corrected chi connectivity index (χ3v) is 5.49. The molecule has 1 aromatic carbocycles. The summed E-state index contributed by atoms with van der Waals surface area (Å²) < 4.78 is 17.3. The van der Waals surface area contributed by atoms with Crippen LogP contribution in [0.15, 0.2) is 22.1 Å². The first-order valence-electron chi connectivity index (χ1n) is 8.33. The fourth-order valence-corrected chi connectivity index (χ4v) is 3.77. The molecule has 0 radical (unpaired) electrons. The average Bonchev–Trinajstić information content (AvgIpc) is 2.99. The Balaban J connectivity index is 2.15. The molecule has 0 amide bonds. The van der Waals surface area contributed by atoms with Crippen LogP contribution in [-0.2, 0) is 11.8 Å². The zero-order chi connectivity index (χ0) is 19.7. The molecule has 2 aromatic rings. The lowest BCUT2D eigenvalue weighted by Crippen LogP contribution is -2.26. The molecule has 1 N–H and O–H groups in total. The predicted molar refractivity (Wildman–Crippen MR) is 99.0 cm³/mol. The monoisotopic (exact) mass is 392 g/mol. The standard InChI is InChI=1S/C18H20N2O6S/c1-5-8-27-18-19-15(21)12(16(22)20(18)2)13-9-6-7-10(24-3)14(25-4)11(9)17(23)26-13/h6-7,13,21H,5,8H2,1-4H3/t13-/m0/s1. The molecule has 144 valence electrons. The maximum Gasteiger partial charge on any atom is 0.343 e. The van der Waals surface area contributed by atoms with Crippen LogP contribution in [0.4, 0.5) is 0 Å². The highest BCUT2D eigenvalue weighted by molar-refractivity contribution is 7.99. The van der Waals surface area contributed by atoms with Gasteiger partial charge >= 0.3 is 5.97 Å². The number of rotatable bonds is 6. The lowest BCUT2D eigenvalue weighted by Gasteiger charge is -2.15. The van der Waals surface area contributed by atoms with Crippen molar-refractivity contribution in [2.45, 2.75) is 24.6 Å². The number of hydrogen-bond donors (Lipinski definition) is 1. The molecule has 0 aliphatic carbocycles. The molecule has 1 atom stereocenters. The number of thioether (sulfide) groups is 1. The maximum absolute atomic E-state index is 12.9. The van der Waals surface area contributed by atoms with Gasteiger partial charge in [-0.2, -0.15) is 4.98 Å². The van der Waals surface area contributed by atoms with Crippen LogP contribution in [0.25, 0.3) is 0 Å². The number of benzene rings is 1. The normalized spacial score (nSPS) is 15.4. The Morgan fingerprint density at radius 2 is 2.04 bits per heavy atom. The summed E-state index contributed by atoms with van der Waals surface area (Å²) in [7, 11) is 4.44. The summed E-state index contributed by atoms with van der Waals surface area (Å²) in [5.74, 6) is 0.253. The van der Waals surface area contributed by atoms with E-state index in [2.05, 4.69) is 4.98 Å². The smallest absolute Gasteiger partial charge is 0.343 e. The molecule has 1 aliphatic heterocycles. The molecule has 0 spiro atoms. The van der Waals surface area contributed by atoms with E-state index < -0.39 is 23.5 Å². The summed E-state index contributed by atoms with van der Waals surface area (Å²) in [5, 5.41) is 10.8. The molecule has 1 aliphatic rings. The van der Waals surface area contributed by atoms with Gasteiger partial charge in [0.25, 0.3) is 5.56 Å². The van der Waals surface area contributed by atoms with Crippen molar-refractivity contribution in [3.63, 3.8) is 0 Å². The number of fused-ring (bicyclic) bond motifs is 1. The molecular formula is C18H20N2O6S. The highest BCUT2D eigenvalue weighted by atomic mass is 32.2. The maximum atomic E-state index is 12.9. The predicted octanol–water partition coefficient (Wildman–Crippen LogP) is 2.26.